The number of ether oxygens (including phenoxy) is 1. The van der Waals surface area contributed by atoms with Crippen molar-refractivity contribution in [3.63, 3.8) is 0 Å². The Kier molecular flexibility index (Phi) is 6.87. The van der Waals surface area contributed by atoms with Crippen molar-refractivity contribution in [2.24, 2.45) is 24.8 Å². The minimum Gasteiger partial charge on any atom is -0.473 e. The summed E-state index contributed by atoms with van der Waals surface area (Å²) in [5, 5.41) is 8.78. The molecule has 2 atom stereocenters. The first-order valence-electron chi connectivity index (χ1n) is 14.5. The van der Waals surface area contributed by atoms with Crippen LogP contribution in [0.1, 0.15) is 75.3 Å². The number of fused-ring (bicyclic) bond motifs is 3. The Morgan fingerprint density at radius 1 is 1.12 bits per heavy atom. The lowest BCUT2D eigenvalue weighted by molar-refractivity contribution is 0.0171. The molecule has 3 saturated carbocycles. The number of carbonyl (C=O) groups excluding carboxylic acids is 1. The lowest BCUT2D eigenvalue weighted by Gasteiger charge is -2.41. The maximum absolute atomic E-state index is 13.5. The Bertz CT molecular complexity index is 1570. The number of aryl methyl sites for hydroxylation is 2. The zero-order chi connectivity index (χ0) is 29.1. The molecule has 12 heteroatoms. The molecule has 0 aromatic carbocycles. The van der Waals surface area contributed by atoms with Crippen molar-refractivity contribution in [3.05, 3.63) is 41.9 Å². The van der Waals surface area contributed by atoms with Crippen molar-refractivity contribution in [2.45, 2.75) is 82.8 Å². The molecule has 1 amide bonds. The molecule has 0 unspecified atom stereocenters. The number of hydrogen-bond acceptors (Lipinski definition) is 8. The summed E-state index contributed by atoms with van der Waals surface area (Å²) in [5.41, 5.74) is 0.217. The number of amides is 1. The zero-order valence-corrected chi connectivity index (χ0v) is 25.2. The Labute approximate surface area is 241 Å². The molecule has 1 saturated heterocycles. The molecule has 1 aliphatic heterocycles. The van der Waals surface area contributed by atoms with Crippen LogP contribution in [0.3, 0.4) is 0 Å². The second-order valence-electron chi connectivity index (χ2n) is 12.7. The summed E-state index contributed by atoms with van der Waals surface area (Å²) in [6.07, 6.45) is 10.5. The summed E-state index contributed by atoms with van der Waals surface area (Å²) in [4.78, 5) is 20.5. The van der Waals surface area contributed by atoms with Crippen molar-refractivity contribution in [1.29, 1.82) is 0 Å². The molecule has 41 heavy (non-hydrogen) atoms. The van der Waals surface area contributed by atoms with Crippen LogP contribution < -0.4 is 14.4 Å². The monoisotopic (exact) mass is 581 g/mol. The van der Waals surface area contributed by atoms with Crippen molar-refractivity contribution in [1.82, 2.24) is 29.3 Å². The number of sulfonamides is 1. The minimum atomic E-state index is -4.14. The van der Waals surface area contributed by atoms with Crippen molar-refractivity contribution >= 4 is 21.7 Å². The molecular weight excluding hydrogens is 542 g/mol. The van der Waals surface area contributed by atoms with E-state index in [2.05, 4.69) is 40.6 Å². The first-order chi connectivity index (χ1) is 19.4. The number of pyridine rings is 1. The molecule has 0 spiro atoms. The molecule has 0 radical (unpaired) electrons. The van der Waals surface area contributed by atoms with Gasteiger partial charge in [-0.05, 0) is 89.2 Å². The normalized spacial score (nSPS) is 25.4. The number of carbonyl (C=O) groups is 1. The highest BCUT2D eigenvalue weighted by atomic mass is 32.2. The molecule has 3 aromatic heterocycles. The summed E-state index contributed by atoms with van der Waals surface area (Å²) in [7, 11) is -2.50. The average Bonchev–Trinajstić information content (AvgIpc) is 3.60. The highest BCUT2D eigenvalue weighted by Crippen LogP contribution is 2.43. The fourth-order valence-electron chi connectivity index (χ4n) is 7.10. The molecule has 2 bridgehead atoms. The van der Waals surface area contributed by atoms with Crippen LogP contribution in [-0.2, 0) is 17.1 Å². The number of aromatic nitrogens is 5. The van der Waals surface area contributed by atoms with E-state index < -0.39 is 15.9 Å². The molecule has 220 valence electrons. The smallest absolute Gasteiger partial charge is 0.268 e. The molecule has 4 aliphatic rings. The molecule has 1 N–H and O–H groups in total. The summed E-state index contributed by atoms with van der Waals surface area (Å²) in [6.45, 7) is 8.67. The molecule has 3 aromatic rings. The topological polar surface area (TPSA) is 124 Å². The van der Waals surface area contributed by atoms with Crippen LogP contribution in [0.5, 0.6) is 5.88 Å². The molecule has 4 heterocycles. The van der Waals surface area contributed by atoms with Gasteiger partial charge in [-0.25, -0.2) is 22.8 Å². The number of nitrogens with one attached hydrogen (secondary N) is 1. The fourth-order valence-corrected chi connectivity index (χ4v) is 8.28. The first-order valence-corrected chi connectivity index (χ1v) is 16.0. The second kappa shape index (κ2) is 10.1. The lowest BCUT2D eigenvalue weighted by atomic mass is 9.69. The van der Waals surface area contributed by atoms with Crippen LogP contribution in [0.25, 0.3) is 5.82 Å². The maximum atomic E-state index is 13.5. The van der Waals surface area contributed by atoms with Gasteiger partial charge >= 0.3 is 0 Å². The zero-order valence-electron chi connectivity index (χ0n) is 24.4. The number of hydrogen-bond donors (Lipinski definition) is 1. The van der Waals surface area contributed by atoms with Crippen LogP contribution in [0.2, 0.25) is 0 Å². The third kappa shape index (κ3) is 5.33. The van der Waals surface area contributed by atoms with E-state index in [0.29, 0.717) is 41.6 Å². The summed E-state index contributed by atoms with van der Waals surface area (Å²) < 4.78 is 37.9. The Balaban J connectivity index is 1.31. The Morgan fingerprint density at radius 2 is 1.88 bits per heavy atom. The van der Waals surface area contributed by atoms with Gasteiger partial charge in [0.15, 0.2) is 5.82 Å². The standard InChI is InChI=1S/C29H39N7O4S/c1-18-15-29(3,4)35(16-18)27-22(28(37)33-41(38,39)24-17-34(5)31-19(24)2)10-11-25(30-27)36-13-12-26(32-36)40-23-14-20-6-8-21(23)9-7-20/h10-13,17-18,20-21,23H,6-9,14-16H2,1-5H3,(H,33,37)/t18-,20?,21?,23-/m0/s1. The summed E-state index contributed by atoms with van der Waals surface area (Å²) in [5.74, 6) is 2.51. The van der Waals surface area contributed by atoms with E-state index in [4.69, 9.17) is 9.72 Å². The Morgan fingerprint density at radius 3 is 2.49 bits per heavy atom. The van der Waals surface area contributed by atoms with E-state index in [1.165, 1.54) is 36.6 Å². The van der Waals surface area contributed by atoms with Crippen molar-refractivity contribution in [3.8, 4) is 11.7 Å². The summed E-state index contributed by atoms with van der Waals surface area (Å²) in [6, 6.07) is 5.17. The van der Waals surface area contributed by atoms with Gasteiger partial charge in [-0.15, -0.1) is 5.10 Å². The quantitative estimate of drug-likeness (QED) is 0.444. The summed E-state index contributed by atoms with van der Waals surface area (Å²) >= 11 is 0. The third-order valence-corrected chi connectivity index (χ3v) is 10.4. The highest BCUT2D eigenvalue weighted by molar-refractivity contribution is 7.90. The lowest BCUT2D eigenvalue weighted by Crippen LogP contribution is -2.41. The number of nitrogens with zero attached hydrogens (tertiary/aromatic N) is 6. The van der Waals surface area contributed by atoms with Crippen LogP contribution in [0.4, 0.5) is 5.82 Å². The SMILES string of the molecule is Cc1nn(C)cc1S(=O)(=O)NC(=O)c1ccc(-n2ccc(O[C@H]3CC4CCC3CC4)n2)nc1N1C[C@@H](C)CC1(C)C. The van der Waals surface area contributed by atoms with Gasteiger partial charge in [-0.1, -0.05) is 6.92 Å². The van der Waals surface area contributed by atoms with Crippen LogP contribution in [-0.4, -0.2) is 57.1 Å². The van der Waals surface area contributed by atoms with Crippen LogP contribution in [0.15, 0.2) is 35.5 Å². The van der Waals surface area contributed by atoms with Gasteiger partial charge in [0.2, 0.25) is 5.88 Å². The molecular formula is C29H39N7O4S. The van der Waals surface area contributed by atoms with Gasteiger partial charge in [0, 0.05) is 37.6 Å². The van der Waals surface area contributed by atoms with Gasteiger partial charge in [0.05, 0.1) is 11.3 Å². The molecule has 7 rings (SSSR count). The molecule has 4 fully saturated rings. The van der Waals surface area contributed by atoms with Crippen LogP contribution >= 0.6 is 0 Å². The van der Waals surface area contributed by atoms with E-state index >= 15 is 0 Å². The first kappa shape index (κ1) is 27.7. The van der Waals surface area contributed by atoms with Crippen molar-refractivity contribution in [2.75, 3.05) is 11.4 Å². The predicted molar refractivity (Wildman–Crippen MR) is 154 cm³/mol. The van der Waals surface area contributed by atoms with Crippen LogP contribution in [0, 0.1) is 24.7 Å². The minimum absolute atomic E-state index is 0.0372. The highest BCUT2D eigenvalue weighted by Gasteiger charge is 2.40. The van der Waals surface area contributed by atoms with E-state index in [1.54, 1.807) is 30.8 Å². The van der Waals surface area contributed by atoms with Crippen molar-refractivity contribution < 1.29 is 17.9 Å². The van der Waals surface area contributed by atoms with Gasteiger partial charge < -0.3 is 9.64 Å². The number of rotatable bonds is 7. The van der Waals surface area contributed by atoms with Gasteiger partial charge in [0.1, 0.15) is 16.8 Å². The maximum Gasteiger partial charge on any atom is 0.268 e. The third-order valence-electron chi connectivity index (χ3n) is 8.97. The van der Waals surface area contributed by atoms with Gasteiger partial charge in [0.25, 0.3) is 15.9 Å². The fraction of sp³-hybridized carbons (Fsp3) is 0.586. The van der Waals surface area contributed by atoms with E-state index in [9.17, 15) is 13.2 Å². The predicted octanol–water partition coefficient (Wildman–Crippen LogP) is 4.01. The largest absolute Gasteiger partial charge is 0.473 e. The average molecular weight is 582 g/mol. The van der Waals surface area contributed by atoms with Gasteiger partial charge in [-0.2, -0.15) is 5.10 Å². The Hall–Kier alpha value is -3.41. The molecule has 3 aliphatic carbocycles. The van der Waals surface area contributed by atoms with Gasteiger partial charge in [-0.3, -0.25) is 9.48 Å². The molecule has 11 nitrogen and oxygen atoms in total. The van der Waals surface area contributed by atoms with E-state index in [0.717, 1.165) is 18.8 Å². The van der Waals surface area contributed by atoms with E-state index in [1.807, 2.05) is 12.3 Å². The number of anilines is 1. The van der Waals surface area contributed by atoms with E-state index in [-0.39, 0.29) is 22.1 Å². The second-order valence-corrected chi connectivity index (χ2v) is 14.4.